The summed E-state index contributed by atoms with van der Waals surface area (Å²) in [5.74, 6) is -0.926. The largest absolute Gasteiger partial charge is 0.477 e. The van der Waals surface area contributed by atoms with Crippen molar-refractivity contribution in [1.29, 1.82) is 0 Å². The summed E-state index contributed by atoms with van der Waals surface area (Å²) in [5, 5.41) is 12.6. The van der Waals surface area contributed by atoms with Crippen molar-refractivity contribution >= 4 is 22.3 Å². The topological polar surface area (TPSA) is 67.5 Å². The van der Waals surface area contributed by atoms with Gasteiger partial charge in [0.1, 0.15) is 11.2 Å². The lowest BCUT2D eigenvalue weighted by Gasteiger charge is -1.88. The molecule has 0 amide bonds. The van der Waals surface area contributed by atoms with Crippen LogP contribution in [-0.4, -0.2) is 25.7 Å². The van der Waals surface area contributed by atoms with Crippen molar-refractivity contribution in [3.05, 3.63) is 16.9 Å². The van der Waals surface area contributed by atoms with E-state index in [1.165, 1.54) is 10.8 Å². The molecule has 0 saturated heterocycles. The number of aromatic carboxylic acids is 1. The molecule has 0 aliphatic carbocycles. The third-order valence-corrected chi connectivity index (χ3v) is 2.69. The molecule has 2 aromatic heterocycles. The fraction of sp³-hybridized carbons (Fsp3) is 0.167. The second-order valence-electron chi connectivity index (χ2n) is 2.28. The van der Waals surface area contributed by atoms with E-state index in [1.807, 2.05) is 0 Å². The fourth-order valence-corrected chi connectivity index (χ4v) is 1.86. The van der Waals surface area contributed by atoms with Crippen LogP contribution in [-0.2, 0) is 0 Å². The van der Waals surface area contributed by atoms with Crippen molar-refractivity contribution in [2.24, 2.45) is 0 Å². The van der Waals surface area contributed by atoms with E-state index in [-0.39, 0.29) is 0 Å². The number of carboxylic acids is 1. The molecule has 6 heteroatoms. The SMILES string of the molecule is Cc1c(C(=O)O)sc2ncnn12. The molecular formula is C6H5N3O2S. The molecule has 0 aromatic carbocycles. The fourth-order valence-electron chi connectivity index (χ4n) is 0.990. The van der Waals surface area contributed by atoms with Gasteiger partial charge in [-0.2, -0.15) is 5.10 Å². The van der Waals surface area contributed by atoms with Crippen LogP contribution in [0.2, 0.25) is 0 Å². The van der Waals surface area contributed by atoms with E-state index >= 15 is 0 Å². The molecule has 0 radical (unpaired) electrons. The maximum atomic E-state index is 10.6. The van der Waals surface area contributed by atoms with E-state index in [9.17, 15) is 4.79 Å². The first-order chi connectivity index (χ1) is 5.70. The predicted octanol–water partition coefficient (Wildman–Crippen LogP) is 0.797. The van der Waals surface area contributed by atoms with Crippen molar-refractivity contribution in [1.82, 2.24) is 14.6 Å². The molecule has 0 spiro atoms. The molecule has 0 aliphatic heterocycles. The Morgan fingerprint density at radius 3 is 3.08 bits per heavy atom. The Bertz CT molecular complexity index is 445. The van der Waals surface area contributed by atoms with E-state index < -0.39 is 5.97 Å². The van der Waals surface area contributed by atoms with Gasteiger partial charge in [0.2, 0.25) is 4.96 Å². The summed E-state index contributed by atoms with van der Waals surface area (Å²) in [6.45, 7) is 1.71. The smallest absolute Gasteiger partial charge is 0.347 e. The Labute approximate surface area is 71.3 Å². The number of aromatic nitrogens is 3. The van der Waals surface area contributed by atoms with Gasteiger partial charge in [0.05, 0.1) is 5.69 Å². The Kier molecular flexibility index (Phi) is 1.37. The number of nitrogens with zero attached hydrogens (tertiary/aromatic N) is 3. The zero-order valence-corrected chi connectivity index (χ0v) is 7.00. The molecule has 0 saturated carbocycles. The molecule has 0 fully saturated rings. The maximum Gasteiger partial charge on any atom is 0.347 e. The number of thiazole rings is 1. The summed E-state index contributed by atoms with van der Waals surface area (Å²) in [5.41, 5.74) is 0.625. The van der Waals surface area contributed by atoms with Gasteiger partial charge in [0, 0.05) is 0 Å². The molecule has 62 valence electrons. The molecule has 1 N–H and O–H groups in total. The molecule has 0 atom stereocenters. The Balaban J connectivity index is 2.78. The van der Waals surface area contributed by atoms with Crippen LogP contribution < -0.4 is 0 Å². The van der Waals surface area contributed by atoms with Gasteiger partial charge in [-0.15, -0.1) is 0 Å². The number of hydrogen-bond donors (Lipinski definition) is 1. The summed E-state index contributed by atoms with van der Waals surface area (Å²) in [4.78, 5) is 15.4. The van der Waals surface area contributed by atoms with Crippen LogP contribution in [0.3, 0.4) is 0 Å². The minimum atomic E-state index is -0.926. The highest BCUT2D eigenvalue weighted by atomic mass is 32.1. The first-order valence-corrected chi connectivity index (χ1v) is 4.04. The lowest BCUT2D eigenvalue weighted by molar-refractivity contribution is 0.0701. The molecule has 0 aliphatic rings. The van der Waals surface area contributed by atoms with Crippen LogP contribution in [0.1, 0.15) is 15.4 Å². The van der Waals surface area contributed by atoms with E-state index in [2.05, 4.69) is 10.1 Å². The van der Waals surface area contributed by atoms with Crippen molar-refractivity contribution in [3.8, 4) is 0 Å². The van der Waals surface area contributed by atoms with Crippen molar-refractivity contribution < 1.29 is 9.90 Å². The van der Waals surface area contributed by atoms with Gasteiger partial charge in [-0.05, 0) is 6.92 Å². The average molecular weight is 183 g/mol. The van der Waals surface area contributed by atoms with E-state index in [0.29, 0.717) is 15.5 Å². The molecular weight excluding hydrogens is 178 g/mol. The molecule has 5 nitrogen and oxygen atoms in total. The zero-order chi connectivity index (χ0) is 8.72. The first-order valence-electron chi connectivity index (χ1n) is 3.22. The van der Waals surface area contributed by atoms with E-state index in [1.54, 1.807) is 6.92 Å². The first kappa shape index (κ1) is 7.23. The van der Waals surface area contributed by atoms with E-state index in [0.717, 1.165) is 11.3 Å². The van der Waals surface area contributed by atoms with Gasteiger partial charge in [-0.25, -0.2) is 14.3 Å². The highest BCUT2D eigenvalue weighted by Gasteiger charge is 2.15. The quantitative estimate of drug-likeness (QED) is 0.710. The van der Waals surface area contributed by atoms with Crippen molar-refractivity contribution in [3.63, 3.8) is 0 Å². The molecule has 2 aromatic rings. The summed E-state index contributed by atoms with van der Waals surface area (Å²) in [7, 11) is 0. The minimum absolute atomic E-state index is 0.297. The Morgan fingerprint density at radius 1 is 1.75 bits per heavy atom. The zero-order valence-electron chi connectivity index (χ0n) is 6.18. The highest BCUT2D eigenvalue weighted by molar-refractivity contribution is 7.18. The lowest BCUT2D eigenvalue weighted by Crippen LogP contribution is -1.97. The maximum absolute atomic E-state index is 10.6. The molecule has 0 unspecified atom stereocenters. The summed E-state index contributed by atoms with van der Waals surface area (Å²) in [6, 6.07) is 0. The number of carboxylic acid groups (broad SMARTS) is 1. The van der Waals surface area contributed by atoms with Crippen molar-refractivity contribution in [2.75, 3.05) is 0 Å². The van der Waals surface area contributed by atoms with Crippen LogP contribution in [0.4, 0.5) is 0 Å². The molecule has 12 heavy (non-hydrogen) atoms. The van der Waals surface area contributed by atoms with Crippen molar-refractivity contribution in [2.45, 2.75) is 6.92 Å². The molecule has 2 heterocycles. The molecule has 2 rings (SSSR count). The van der Waals surface area contributed by atoms with Crippen LogP contribution in [0.25, 0.3) is 4.96 Å². The molecule has 0 bridgehead atoms. The summed E-state index contributed by atoms with van der Waals surface area (Å²) < 4.78 is 1.52. The van der Waals surface area contributed by atoms with Gasteiger partial charge in [0.15, 0.2) is 0 Å². The number of hydrogen-bond acceptors (Lipinski definition) is 4. The number of rotatable bonds is 1. The monoisotopic (exact) mass is 183 g/mol. The van der Waals surface area contributed by atoms with Crippen LogP contribution in [0.5, 0.6) is 0 Å². The third-order valence-electron chi connectivity index (χ3n) is 1.55. The average Bonchev–Trinajstić information content (AvgIpc) is 2.53. The highest BCUT2D eigenvalue weighted by Crippen LogP contribution is 2.19. The summed E-state index contributed by atoms with van der Waals surface area (Å²) in [6.07, 6.45) is 1.41. The van der Waals surface area contributed by atoms with Gasteiger partial charge >= 0.3 is 5.97 Å². The summed E-state index contributed by atoms with van der Waals surface area (Å²) >= 11 is 1.13. The van der Waals surface area contributed by atoms with Gasteiger partial charge in [-0.1, -0.05) is 11.3 Å². The van der Waals surface area contributed by atoms with Crippen LogP contribution >= 0.6 is 11.3 Å². The normalized spacial score (nSPS) is 10.8. The van der Waals surface area contributed by atoms with Gasteiger partial charge in [0.25, 0.3) is 0 Å². The van der Waals surface area contributed by atoms with Crippen LogP contribution in [0, 0.1) is 6.92 Å². The number of aryl methyl sites for hydroxylation is 1. The standard InChI is InChI=1S/C6H5N3O2S/c1-3-4(5(10)11)12-6-7-2-8-9(3)6/h2H,1H3,(H,10,11). The minimum Gasteiger partial charge on any atom is -0.477 e. The number of fused-ring (bicyclic) bond motifs is 1. The lowest BCUT2D eigenvalue weighted by atomic mass is 10.4. The van der Waals surface area contributed by atoms with E-state index in [4.69, 9.17) is 5.11 Å². The second kappa shape index (κ2) is 2.28. The third kappa shape index (κ3) is 0.814. The van der Waals surface area contributed by atoms with Gasteiger partial charge in [-0.3, -0.25) is 0 Å². The van der Waals surface area contributed by atoms with Gasteiger partial charge < -0.3 is 5.11 Å². The number of carbonyl (C=O) groups is 1. The predicted molar refractivity (Wildman–Crippen MR) is 42.6 cm³/mol. The Hall–Kier alpha value is -1.43. The Morgan fingerprint density at radius 2 is 2.50 bits per heavy atom. The van der Waals surface area contributed by atoms with Crippen LogP contribution in [0.15, 0.2) is 6.33 Å². The second-order valence-corrected chi connectivity index (χ2v) is 3.25.